The average Bonchev–Trinajstić information content (AvgIpc) is 3.31. The lowest BCUT2D eigenvalue weighted by molar-refractivity contribution is -0.117. The first kappa shape index (κ1) is 21.3. The summed E-state index contributed by atoms with van der Waals surface area (Å²) < 4.78 is 0. The van der Waals surface area contributed by atoms with Crippen LogP contribution in [0.5, 0.6) is 0 Å². The minimum atomic E-state index is -0.139. The van der Waals surface area contributed by atoms with Crippen LogP contribution in [0.1, 0.15) is 9.67 Å². The standard InChI is InChI=1S/C22H22ClN5O2S/c23-16-3-8-20(24-14-16)28-11-9-27(10-12-28)15-21(29)25-17-4-6-18(7-5-17)26-22(30)19-2-1-13-31-19/h1-8,13-14H,9-12,15H2,(H,25,29)(H,26,30). The summed E-state index contributed by atoms with van der Waals surface area (Å²) in [7, 11) is 0. The van der Waals surface area contributed by atoms with Gasteiger partial charge in [-0.3, -0.25) is 14.5 Å². The Labute approximate surface area is 189 Å². The van der Waals surface area contributed by atoms with Crippen LogP contribution in [0.4, 0.5) is 17.2 Å². The van der Waals surface area contributed by atoms with E-state index in [4.69, 9.17) is 11.6 Å². The van der Waals surface area contributed by atoms with Gasteiger partial charge in [0.25, 0.3) is 5.91 Å². The highest BCUT2D eigenvalue weighted by Gasteiger charge is 2.20. The highest BCUT2D eigenvalue weighted by molar-refractivity contribution is 7.12. The molecule has 0 radical (unpaired) electrons. The molecule has 2 amide bonds. The lowest BCUT2D eigenvalue weighted by Gasteiger charge is -2.35. The topological polar surface area (TPSA) is 77.6 Å². The monoisotopic (exact) mass is 455 g/mol. The number of hydrogen-bond donors (Lipinski definition) is 2. The number of nitrogens with zero attached hydrogens (tertiary/aromatic N) is 3. The van der Waals surface area contributed by atoms with E-state index in [1.165, 1.54) is 11.3 Å². The highest BCUT2D eigenvalue weighted by Crippen LogP contribution is 2.18. The molecule has 2 N–H and O–H groups in total. The van der Waals surface area contributed by atoms with Crippen molar-refractivity contribution in [2.24, 2.45) is 0 Å². The number of amides is 2. The average molecular weight is 456 g/mol. The summed E-state index contributed by atoms with van der Waals surface area (Å²) in [6.45, 7) is 3.51. The second-order valence-corrected chi connectivity index (χ2v) is 8.54. The SMILES string of the molecule is O=C(CN1CCN(c2ccc(Cl)cn2)CC1)Nc1ccc(NC(=O)c2cccs2)cc1. The Kier molecular flexibility index (Phi) is 6.81. The zero-order valence-electron chi connectivity index (χ0n) is 16.8. The van der Waals surface area contributed by atoms with E-state index in [2.05, 4.69) is 25.4 Å². The molecule has 1 aromatic carbocycles. The minimum absolute atomic E-state index is 0.0616. The smallest absolute Gasteiger partial charge is 0.265 e. The Bertz CT molecular complexity index is 1020. The van der Waals surface area contributed by atoms with E-state index < -0.39 is 0 Å². The maximum Gasteiger partial charge on any atom is 0.265 e. The van der Waals surface area contributed by atoms with E-state index >= 15 is 0 Å². The predicted octanol–water partition coefficient (Wildman–Crippen LogP) is 3.81. The molecule has 2 aromatic heterocycles. The normalized spacial score (nSPS) is 14.3. The minimum Gasteiger partial charge on any atom is -0.354 e. The molecule has 3 aromatic rings. The Balaban J connectivity index is 1.23. The Morgan fingerprint density at radius 1 is 0.968 bits per heavy atom. The summed E-state index contributed by atoms with van der Waals surface area (Å²) in [5, 5.41) is 8.24. The van der Waals surface area contributed by atoms with E-state index in [0.717, 1.165) is 32.0 Å². The van der Waals surface area contributed by atoms with Gasteiger partial charge in [-0.1, -0.05) is 17.7 Å². The fourth-order valence-electron chi connectivity index (χ4n) is 3.33. The number of thiophene rings is 1. The second kappa shape index (κ2) is 9.91. The third-order valence-corrected chi connectivity index (χ3v) is 6.04. The van der Waals surface area contributed by atoms with Gasteiger partial charge in [-0.2, -0.15) is 0 Å². The van der Waals surface area contributed by atoms with Crippen molar-refractivity contribution in [3.8, 4) is 0 Å². The maximum absolute atomic E-state index is 12.4. The lowest BCUT2D eigenvalue weighted by atomic mass is 10.2. The van der Waals surface area contributed by atoms with Gasteiger partial charge in [-0.05, 0) is 47.8 Å². The number of rotatable bonds is 6. The van der Waals surface area contributed by atoms with Crippen molar-refractivity contribution in [3.05, 3.63) is 70.0 Å². The third-order valence-electron chi connectivity index (χ3n) is 4.95. The number of anilines is 3. The summed E-state index contributed by atoms with van der Waals surface area (Å²) in [5.74, 6) is 0.702. The van der Waals surface area contributed by atoms with Gasteiger partial charge in [-0.25, -0.2) is 4.98 Å². The number of piperazine rings is 1. The van der Waals surface area contributed by atoms with Crippen molar-refractivity contribution in [2.75, 3.05) is 48.3 Å². The molecule has 31 heavy (non-hydrogen) atoms. The quantitative estimate of drug-likeness (QED) is 0.591. The van der Waals surface area contributed by atoms with Crippen molar-refractivity contribution in [2.45, 2.75) is 0 Å². The fraction of sp³-hybridized carbons (Fsp3) is 0.227. The molecule has 0 saturated carbocycles. The molecule has 1 saturated heterocycles. The molecular weight excluding hydrogens is 434 g/mol. The largest absolute Gasteiger partial charge is 0.354 e. The summed E-state index contributed by atoms with van der Waals surface area (Å²) in [4.78, 5) is 33.8. The molecule has 4 rings (SSSR count). The van der Waals surface area contributed by atoms with Crippen LogP contribution in [0.2, 0.25) is 5.02 Å². The van der Waals surface area contributed by atoms with Gasteiger partial charge in [0, 0.05) is 43.8 Å². The van der Waals surface area contributed by atoms with E-state index in [0.29, 0.717) is 27.8 Å². The molecule has 7 nitrogen and oxygen atoms in total. The van der Waals surface area contributed by atoms with Gasteiger partial charge in [-0.15, -0.1) is 11.3 Å². The van der Waals surface area contributed by atoms with E-state index in [1.807, 2.05) is 23.6 Å². The molecule has 3 heterocycles. The van der Waals surface area contributed by atoms with Crippen LogP contribution in [0.15, 0.2) is 60.1 Å². The van der Waals surface area contributed by atoms with E-state index in [9.17, 15) is 9.59 Å². The first-order valence-electron chi connectivity index (χ1n) is 9.90. The number of carbonyl (C=O) groups excluding carboxylic acids is 2. The van der Waals surface area contributed by atoms with Crippen LogP contribution >= 0.6 is 22.9 Å². The Morgan fingerprint density at radius 2 is 1.68 bits per heavy atom. The molecule has 1 aliphatic heterocycles. The second-order valence-electron chi connectivity index (χ2n) is 7.15. The zero-order chi connectivity index (χ0) is 21.6. The molecule has 1 fully saturated rings. The maximum atomic E-state index is 12.4. The molecular formula is C22H22ClN5O2S. The summed E-state index contributed by atoms with van der Waals surface area (Å²) in [6, 6.07) is 14.5. The molecule has 0 spiro atoms. The van der Waals surface area contributed by atoms with Gasteiger partial charge in [0.1, 0.15) is 5.82 Å². The van der Waals surface area contributed by atoms with Crippen LogP contribution in [0, 0.1) is 0 Å². The number of aromatic nitrogens is 1. The number of halogens is 1. The summed E-state index contributed by atoms with van der Waals surface area (Å²) in [6.07, 6.45) is 1.65. The molecule has 0 bridgehead atoms. The number of benzene rings is 1. The van der Waals surface area contributed by atoms with E-state index in [-0.39, 0.29) is 11.8 Å². The first-order valence-corrected chi connectivity index (χ1v) is 11.2. The molecule has 0 atom stereocenters. The molecule has 1 aliphatic rings. The molecule has 160 valence electrons. The Hall–Kier alpha value is -2.94. The van der Waals surface area contributed by atoms with Crippen LogP contribution in [0.25, 0.3) is 0 Å². The van der Waals surface area contributed by atoms with Crippen LogP contribution < -0.4 is 15.5 Å². The van der Waals surface area contributed by atoms with Gasteiger partial charge in [0.2, 0.25) is 5.91 Å². The summed E-state index contributed by atoms with van der Waals surface area (Å²) in [5.41, 5.74) is 1.38. The number of pyridine rings is 1. The molecule has 9 heteroatoms. The van der Waals surface area contributed by atoms with Gasteiger partial charge in [0.05, 0.1) is 16.4 Å². The van der Waals surface area contributed by atoms with Crippen LogP contribution in [-0.2, 0) is 4.79 Å². The van der Waals surface area contributed by atoms with Gasteiger partial charge >= 0.3 is 0 Å². The number of hydrogen-bond acceptors (Lipinski definition) is 6. The highest BCUT2D eigenvalue weighted by atomic mass is 35.5. The first-order chi connectivity index (χ1) is 15.1. The van der Waals surface area contributed by atoms with Crippen LogP contribution in [0.3, 0.4) is 0 Å². The van der Waals surface area contributed by atoms with Crippen molar-refractivity contribution in [1.29, 1.82) is 0 Å². The number of nitrogens with one attached hydrogen (secondary N) is 2. The zero-order valence-corrected chi connectivity index (χ0v) is 18.3. The van der Waals surface area contributed by atoms with Crippen molar-refractivity contribution < 1.29 is 9.59 Å². The third kappa shape index (κ3) is 5.81. The summed E-state index contributed by atoms with van der Waals surface area (Å²) >= 11 is 7.29. The number of carbonyl (C=O) groups is 2. The fourth-order valence-corrected chi connectivity index (χ4v) is 4.06. The van der Waals surface area contributed by atoms with Gasteiger partial charge in [0.15, 0.2) is 0 Å². The van der Waals surface area contributed by atoms with E-state index in [1.54, 1.807) is 36.5 Å². The molecule has 0 aliphatic carbocycles. The van der Waals surface area contributed by atoms with Crippen LogP contribution in [-0.4, -0.2) is 54.4 Å². The van der Waals surface area contributed by atoms with Gasteiger partial charge < -0.3 is 15.5 Å². The van der Waals surface area contributed by atoms with Crippen molar-refractivity contribution >= 4 is 51.9 Å². The predicted molar refractivity (Wildman–Crippen MR) is 125 cm³/mol. The van der Waals surface area contributed by atoms with Crippen molar-refractivity contribution in [3.63, 3.8) is 0 Å². The lowest BCUT2D eigenvalue weighted by Crippen LogP contribution is -2.48. The van der Waals surface area contributed by atoms with Crippen molar-refractivity contribution in [1.82, 2.24) is 9.88 Å². The Morgan fingerprint density at radius 3 is 2.29 bits per heavy atom. The molecule has 0 unspecified atom stereocenters.